The molecule has 0 saturated carbocycles. The predicted octanol–water partition coefficient (Wildman–Crippen LogP) is 1.61. The van der Waals surface area contributed by atoms with Gasteiger partial charge in [0.05, 0.1) is 12.9 Å². The second-order valence-electron chi connectivity index (χ2n) is 4.56. The van der Waals surface area contributed by atoms with Gasteiger partial charge in [0.1, 0.15) is 0 Å². The lowest BCUT2D eigenvalue weighted by Gasteiger charge is -2.17. The molecule has 0 atom stereocenters. The fourth-order valence-electron chi connectivity index (χ4n) is 2.16. The molecular weight excluding hydrogens is 240 g/mol. The smallest absolute Gasteiger partial charge is 0.251 e. The molecule has 0 fully saturated rings. The molecule has 1 heterocycles. The SMILES string of the molecule is C=COCCCNC(=O)c1ccc2c(c1)CNCC2. The predicted molar refractivity (Wildman–Crippen MR) is 75.0 cm³/mol. The number of nitrogens with one attached hydrogen (secondary N) is 2. The largest absolute Gasteiger partial charge is 0.502 e. The highest BCUT2D eigenvalue weighted by atomic mass is 16.5. The van der Waals surface area contributed by atoms with Crippen molar-refractivity contribution in [3.63, 3.8) is 0 Å². The van der Waals surface area contributed by atoms with Crippen molar-refractivity contribution in [1.82, 2.24) is 10.6 Å². The Bertz CT molecular complexity index is 457. The van der Waals surface area contributed by atoms with Gasteiger partial charge in [0.25, 0.3) is 5.91 Å². The Hall–Kier alpha value is -1.81. The summed E-state index contributed by atoms with van der Waals surface area (Å²) in [6.07, 6.45) is 3.23. The van der Waals surface area contributed by atoms with Gasteiger partial charge in [0.2, 0.25) is 0 Å². The van der Waals surface area contributed by atoms with Crippen LogP contribution in [0.3, 0.4) is 0 Å². The highest BCUT2D eigenvalue weighted by Crippen LogP contribution is 2.15. The van der Waals surface area contributed by atoms with Crippen molar-refractivity contribution in [3.05, 3.63) is 47.7 Å². The number of benzene rings is 1. The molecule has 4 nitrogen and oxygen atoms in total. The minimum atomic E-state index is -0.0213. The molecule has 0 saturated heterocycles. The van der Waals surface area contributed by atoms with Gasteiger partial charge in [0, 0.05) is 18.7 Å². The molecule has 102 valence electrons. The summed E-state index contributed by atoms with van der Waals surface area (Å²) in [4.78, 5) is 12.0. The van der Waals surface area contributed by atoms with Crippen molar-refractivity contribution in [2.45, 2.75) is 19.4 Å². The van der Waals surface area contributed by atoms with E-state index >= 15 is 0 Å². The molecule has 0 unspecified atom stereocenters. The van der Waals surface area contributed by atoms with Crippen molar-refractivity contribution in [2.24, 2.45) is 0 Å². The van der Waals surface area contributed by atoms with E-state index in [4.69, 9.17) is 4.74 Å². The fraction of sp³-hybridized carbons (Fsp3) is 0.400. The topological polar surface area (TPSA) is 50.4 Å². The van der Waals surface area contributed by atoms with E-state index in [-0.39, 0.29) is 5.91 Å². The Balaban J connectivity index is 1.87. The molecule has 1 aromatic carbocycles. The first-order valence-corrected chi connectivity index (χ1v) is 6.64. The third kappa shape index (κ3) is 3.83. The third-order valence-electron chi connectivity index (χ3n) is 3.20. The summed E-state index contributed by atoms with van der Waals surface area (Å²) < 4.78 is 5.00. The van der Waals surface area contributed by atoms with Gasteiger partial charge in [-0.05, 0) is 42.6 Å². The lowest BCUT2D eigenvalue weighted by Crippen LogP contribution is -2.27. The Kier molecular flexibility index (Phi) is 4.98. The minimum absolute atomic E-state index is 0.0213. The molecule has 1 amide bonds. The van der Waals surface area contributed by atoms with E-state index in [0.29, 0.717) is 13.2 Å². The average molecular weight is 260 g/mol. The van der Waals surface area contributed by atoms with Crippen LogP contribution in [-0.4, -0.2) is 25.6 Å². The average Bonchev–Trinajstić information content (AvgIpc) is 2.46. The number of carbonyl (C=O) groups excluding carboxylic acids is 1. The summed E-state index contributed by atoms with van der Waals surface area (Å²) in [6, 6.07) is 5.95. The molecule has 0 bridgehead atoms. The van der Waals surface area contributed by atoms with Crippen LogP contribution in [0.4, 0.5) is 0 Å². The van der Waals surface area contributed by atoms with Gasteiger partial charge in [-0.2, -0.15) is 0 Å². The molecule has 4 heteroatoms. The quantitative estimate of drug-likeness (QED) is 0.603. The number of rotatable bonds is 6. The summed E-state index contributed by atoms with van der Waals surface area (Å²) in [5.74, 6) is -0.0213. The maximum Gasteiger partial charge on any atom is 0.251 e. The van der Waals surface area contributed by atoms with Gasteiger partial charge in [-0.1, -0.05) is 12.6 Å². The van der Waals surface area contributed by atoms with Crippen molar-refractivity contribution < 1.29 is 9.53 Å². The molecule has 2 N–H and O–H groups in total. The first-order valence-electron chi connectivity index (χ1n) is 6.64. The van der Waals surface area contributed by atoms with E-state index in [1.807, 2.05) is 12.1 Å². The van der Waals surface area contributed by atoms with Gasteiger partial charge in [0.15, 0.2) is 0 Å². The Labute approximate surface area is 113 Å². The van der Waals surface area contributed by atoms with Gasteiger partial charge in [-0.3, -0.25) is 4.79 Å². The number of carbonyl (C=O) groups is 1. The second kappa shape index (κ2) is 6.95. The van der Waals surface area contributed by atoms with Crippen LogP contribution in [0, 0.1) is 0 Å². The Morgan fingerprint density at radius 2 is 2.37 bits per heavy atom. The van der Waals surface area contributed by atoms with Gasteiger partial charge < -0.3 is 15.4 Å². The van der Waals surface area contributed by atoms with Crippen LogP contribution in [0.2, 0.25) is 0 Å². The highest BCUT2D eigenvalue weighted by Gasteiger charge is 2.11. The maximum absolute atomic E-state index is 12.0. The van der Waals surface area contributed by atoms with Crippen molar-refractivity contribution >= 4 is 5.91 Å². The molecule has 0 spiro atoms. The molecule has 1 aromatic rings. The fourth-order valence-corrected chi connectivity index (χ4v) is 2.16. The first kappa shape index (κ1) is 13.6. The van der Waals surface area contributed by atoms with Gasteiger partial charge in [-0.15, -0.1) is 0 Å². The first-order chi connectivity index (χ1) is 9.31. The lowest BCUT2D eigenvalue weighted by atomic mass is 9.98. The zero-order valence-corrected chi connectivity index (χ0v) is 11.1. The minimum Gasteiger partial charge on any atom is -0.502 e. The van der Waals surface area contributed by atoms with E-state index in [1.165, 1.54) is 17.4 Å². The third-order valence-corrected chi connectivity index (χ3v) is 3.20. The normalized spacial score (nSPS) is 13.5. The second-order valence-corrected chi connectivity index (χ2v) is 4.56. The Morgan fingerprint density at radius 1 is 1.47 bits per heavy atom. The van der Waals surface area contributed by atoms with Crippen LogP contribution in [0.15, 0.2) is 31.0 Å². The summed E-state index contributed by atoms with van der Waals surface area (Å²) in [5.41, 5.74) is 3.30. The molecule has 0 aromatic heterocycles. The molecular formula is C15H20N2O2. The number of ether oxygens (including phenoxy) is 1. The van der Waals surface area contributed by atoms with E-state index in [2.05, 4.69) is 23.3 Å². The monoisotopic (exact) mass is 260 g/mol. The zero-order chi connectivity index (χ0) is 13.5. The molecule has 0 radical (unpaired) electrons. The van der Waals surface area contributed by atoms with E-state index in [9.17, 15) is 4.79 Å². The zero-order valence-electron chi connectivity index (χ0n) is 11.1. The van der Waals surface area contributed by atoms with E-state index in [0.717, 1.165) is 31.5 Å². The van der Waals surface area contributed by atoms with Crippen LogP contribution in [0.1, 0.15) is 27.9 Å². The van der Waals surface area contributed by atoms with Crippen LogP contribution in [0.25, 0.3) is 0 Å². The summed E-state index contributed by atoms with van der Waals surface area (Å²) in [7, 11) is 0. The molecule has 19 heavy (non-hydrogen) atoms. The van der Waals surface area contributed by atoms with Gasteiger partial charge >= 0.3 is 0 Å². The van der Waals surface area contributed by atoms with Crippen molar-refractivity contribution in [1.29, 1.82) is 0 Å². The van der Waals surface area contributed by atoms with Crippen molar-refractivity contribution in [2.75, 3.05) is 19.7 Å². The maximum atomic E-state index is 12.0. The van der Waals surface area contributed by atoms with Crippen LogP contribution in [0.5, 0.6) is 0 Å². The Morgan fingerprint density at radius 3 is 3.21 bits per heavy atom. The molecule has 1 aliphatic rings. The van der Waals surface area contributed by atoms with Crippen LogP contribution < -0.4 is 10.6 Å². The lowest BCUT2D eigenvalue weighted by molar-refractivity contribution is 0.0950. The highest BCUT2D eigenvalue weighted by molar-refractivity contribution is 5.94. The standard InChI is InChI=1S/C15H20N2O2/c1-2-19-9-3-7-17-15(18)13-5-4-12-6-8-16-11-14(12)10-13/h2,4-5,10,16H,1,3,6-9,11H2,(H,17,18). The molecule has 1 aliphatic heterocycles. The summed E-state index contributed by atoms with van der Waals surface area (Å²) >= 11 is 0. The van der Waals surface area contributed by atoms with Gasteiger partial charge in [-0.25, -0.2) is 0 Å². The summed E-state index contributed by atoms with van der Waals surface area (Å²) in [5, 5.41) is 6.21. The number of amides is 1. The van der Waals surface area contributed by atoms with Crippen LogP contribution in [-0.2, 0) is 17.7 Å². The molecule has 0 aliphatic carbocycles. The van der Waals surface area contributed by atoms with E-state index < -0.39 is 0 Å². The number of hydrogen-bond donors (Lipinski definition) is 2. The number of hydrogen-bond acceptors (Lipinski definition) is 3. The molecule has 2 rings (SSSR count). The number of fused-ring (bicyclic) bond motifs is 1. The van der Waals surface area contributed by atoms with Crippen molar-refractivity contribution in [3.8, 4) is 0 Å². The van der Waals surface area contributed by atoms with Crippen LogP contribution >= 0.6 is 0 Å². The summed E-state index contributed by atoms with van der Waals surface area (Å²) in [6.45, 7) is 6.53. The van der Waals surface area contributed by atoms with E-state index in [1.54, 1.807) is 0 Å².